The summed E-state index contributed by atoms with van der Waals surface area (Å²) >= 11 is 0. The molecule has 0 aliphatic carbocycles. The zero-order valence-electron chi connectivity index (χ0n) is 13.1. The van der Waals surface area contributed by atoms with Gasteiger partial charge in [-0.1, -0.05) is 12.1 Å². The van der Waals surface area contributed by atoms with Gasteiger partial charge in [-0.2, -0.15) is 0 Å². The SMILES string of the molecule is COc1ccc([C@@H](CC(=O)Nc2cccnc2)NC(C)=O)cc1. The van der Waals surface area contributed by atoms with E-state index in [4.69, 9.17) is 4.74 Å². The molecule has 2 rings (SSSR count). The molecule has 0 aliphatic rings. The molecule has 0 fully saturated rings. The number of anilines is 1. The lowest BCUT2D eigenvalue weighted by atomic mass is 10.0. The van der Waals surface area contributed by atoms with E-state index in [1.807, 2.05) is 12.1 Å². The molecular weight excluding hydrogens is 294 g/mol. The molecule has 2 aromatic rings. The van der Waals surface area contributed by atoms with E-state index >= 15 is 0 Å². The molecule has 0 bridgehead atoms. The standard InChI is InChI=1S/C17H19N3O3/c1-12(21)19-16(13-5-7-15(23-2)8-6-13)10-17(22)20-14-4-3-9-18-11-14/h3-9,11,16H,10H2,1-2H3,(H,19,21)(H,20,22)/t16-/m1/s1. The number of pyridine rings is 1. The molecule has 0 saturated heterocycles. The maximum absolute atomic E-state index is 12.2. The average Bonchev–Trinajstić information content (AvgIpc) is 2.55. The van der Waals surface area contributed by atoms with E-state index in [0.29, 0.717) is 5.69 Å². The lowest BCUT2D eigenvalue weighted by Gasteiger charge is -2.18. The van der Waals surface area contributed by atoms with Crippen molar-refractivity contribution in [2.24, 2.45) is 0 Å². The van der Waals surface area contributed by atoms with Crippen LogP contribution in [0.1, 0.15) is 24.9 Å². The number of methoxy groups -OCH3 is 1. The molecule has 1 aromatic carbocycles. The van der Waals surface area contributed by atoms with E-state index in [-0.39, 0.29) is 18.2 Å². The molecule has 0 radical (unpaired) electrons. The summed E-state index contributed by atoms with van der Waals surface area (Å²) in [6.07, 6.45) is 3.33. The number of nitrogens with zero attached hydrogens (tertiary/aromatic N) is 1. The van der Waals surface area contributed by atoms with Gasteiger partial charge in [0, 0.05) is 13.1 Å². The van der Waals surface area contributed by atoms with Gasteiger partial charge in [0.15, 0.2) is 0 Å². The highest BCUT2D eigenvalue weighted by atomic mass is 16.5. The monoisotopic (exact) mass is 313 g/mol. The Labute approximate surface area is 134 Å². The Morgan fingerprint density at radius 3 is 2.52 bits per heavy atom. The van der Waals surface area contributed by atoms with Crippen LogP contribution in [0, 0.1) is 0 Å². The van der Waals surface area contributed by atoms with Crippen molar-refractivity contribution in [2.75, 3.05) is 12.4 Å². The minimum absolute atomic E-state index is 0.126. The van der Waals surface area contributed by atoms with Gasteiger partial charge in [-0.3, -0.25) is 14.6 Å². The van der Waals surface area contributed by atoms with Gasteiger partial charge in [-0.25, -0.2) is 0 Å². The molecule has 6 heteroatoms. The normalized spacial score (nSPS) is 11.4. The maximum Gasteiger partial charge on any atom is 0.226 e. The van der Waals surface area contributed by atoms with E-state index in [2.05, 4.69) is 15.6 Å². The van der Waals surface area contributed by atoms with Gasteiger partial charge in [-0.05, 0) is 29.8 Å². The summed E-state index contributed by atoms with van der Waals surface area (Å²) in [5.74, 6) is 0.322. The zero-order valence-corrected chi connectivity index (χ0v) is 13.1. The summed E-state index contributed by atoms with van der Waals surface area (Å²) in [6.45, 7) is 1.43. The maximum atomic E-state index is 12.2. The van der Waals surface area contributed by atoms with Gasteiger partial charge >= 0.3 is 0 Å². The van der Waals surface area contributed by atoms with Crippen LogP contribution in [0.4, 0.5) is 5.69 Å². The van der Waals surface area contributed by atoms with Crippen molar-refractivity contribution >= 4 is 17.5 Å². The second-order valence-electron chi connectivity index (χ2n) is 5.02. The number of hydrogen-bond acceptors (Lipinski definition) is 4. The quantitative estimate of drug-likeness (QED) is 0.857. The number of hydrogen-bond donors (Lipinski definition) is 2. The topological polar surface area (TPSA) is 80.3 Å². The first-order chi connectivity index (χ1) is 11.1. The fourth-order valence-electron chi connectivity index (χ4n) is 2.17. The van der Waals surface area contributed by atoms with Crippen LogP contribution in [0.25, 0.3) is 0 Å². The molecule has 23 heavy (non-hydrogen) atoms. The lowest BCUT2D eigenvalue weighted by Crippen LogP contribution is -2.29. The van der Waals surface area contributed by atoms with Crippen molar-refractivity contribution in [1.82, 2.24) is 10.3 Å². The van der Waals surface area contributed by atoms with Crippen LogP contribution in [-0.2, 0) is 9.59 Å². The second-order valence-corrected chi connectivity index (χ2v) is 5.02. The predicted molar refractivity (Wildman–Crippen MR) is 87.0 cm³/mol. The van der Waals surface area contributed by atoms with Gasteiger partial charge in [0.2, 0.25) is 11.8 Å². The number of nitrogens with one attached hydrogen (secondary N) is 2. The van der Waals surface area contributed by atoms with Crippen LogP contribution in [0.5, 0.6) is 5.75 Å². The van der Waals surface area contributed by atoms with Crippen LogP contribution in [0.2, 0.25) is 0 Å². The summed E-state index contributed by atoms with van der Waals surface area (Å²) in [7, 11) is 1.58. The van der Waals surface area contributed by atoms with E-state index in [0.717, 1.165) is 11.3 Å². The highest BCUT2D eigenvalue weighted by molar-refractivity contribution is 5.91. The summed E-state index contributed by atoms with van der Waals surface area (Å²) in [5.41, 5.74) is 1.45. The fourth-order valence-corrected chi connectivity index (χ4v) is 2.17. The van der Waals surface area contributed by atoms with Gasteiger partial charge in [-0.15, -0.1) is 0 Å². The van der Waals surface area contributed by atoms with Crippen molar-refractivity contribution in [3.8, 4) is 5.75 Å². The lowest BCUT2D eigenvalue weighted by molar-refractivity contribution is -0.120. The Morgan fingerprint density at radius 2 is 1.96 bits per heavy atom. The molecular formula is C17H19N3O3. The average molecular weight is 313 g/mol. The van der Waals surface area contributed by atoms with Gasteiger partial charge in [0.25, 0.3) is 0 Å². The summed E-state index contributed by atoms with van der Waals surface area (Å²) < 4.78 is 5.12. The molecule has 2 amide bonds. The zero-order chi connectivity index (χ0) is 16.7. The third kappa shape index (κ3) is 5.10. The third-order valence-electron chi connectivity index (χ3n) is 3.23. The highest BCUT2D eigenvalue weighted by Gasteiger charge is 2.17. The first kappa shape index (κ1) is 16.5. The molecule has 1 aromatic heterocycles. The van der Waals surface area contributed by atoms with Gasteiger partial charge < -0.3 is 15.4 Å². The Hall–Kier alpha value is -2.89. The van der Waals surface area contributed by atoms with Crippen molar-refractivity contribution in [3.63, 3.8) is 0 Å². The molecule has 6 nitrogen and oxygen atoms in total. The Morgan fingerprint density at radius 1 is 1.22 bits per heavy atom. The molecule has 1 atom stereocenters. The molecule has 1 heterocycles. The van der Waals surface area contributed by atoms with Crippen molar-refractivity contribution in [3.05, 3.63) is 54.4 Å². The summed E-state index contributed by atoms with van der Waals surface area (Å²) in [6, 6.07) is 10.3. The molecule has 0 aliphatic heterocycles. The number of rotatable bonds is 6. The van der Waals surface area contributed by atoms with Gasteiger partial charge in [0.05, 0.1) is 31.5 Å². The van der Waals surface area contributed by atoms with Crippen molar-refractivity contribution in [1.29, 1.82) is 0 Å². The van der Waals surface area contributed by atoms with Crippen LogP contribution in [0.15, 0.2) is 48.8 Å². The Balaban J connectivity index is 2.08. The second kappa shape index (κ2) is 7.93. The molecule has 0 unspecified atom stereocenters. The number of carbonyl (C=O) groups excluding carboxylic acids is 2. The number of benzene rings is 1. The third-order valence-corrected chi connectivity index (χ3v) is 3.23. The largest absolute Gasteiger partial charge is 0.497 e. The van der Waals surface area contributed by atoms with Gasteiger partial charge in [0.1, 0.15) is 5.75 Å². The Kier molecular flexibility index (Phi) is 5.68. The molecule has 120 valence electrons. The first-order valence-corrected chi connectivity index (χ1v) is 7.19. The van der Waals surface area contributed by atoms with Crippen molar-refractivity contribution in [2.45, 2.75) is 19.4 Å². The smallest absolute Gasteiger partial charge is 0.226 e. The Bertz CT molecular complexity index is 657. The fraction of sp³-hybridized carbons (Fsp3) is 0.235. The van der Waals surface area contributed by atoms with Crippen molar-refractivity contribution < 1.29 is 14.3 Å². The van der Waals surface area contributed by atoms with Crippen LogP contribution in [-0.4, -0.2) is 23.9 Å². The van der Waals surface area contributed by atoms with Crippen LogP contribution in [0.3, 0.4) is 0 Å². The predicted octanol–water partition coefficient (Wildman–Crippen LogP) is 2.30. The molecule has 0 saturated carbocycles. The number of carbonyl (C=O) groups is 2. The van der Waals surface area contributed by atoms with E-state index < -0.39 is 6.04 Å². The minimum atomic E-state index is -0.407. The van der Waals surface area contributed by atoms with E-state index in [1.165, 1.54) is 6.92 Å². The number of amides is 2. The number of ether oxygens (including phenoxy) is 1. The molecule has 2 N–H and O–H groups in total. The number of aromatic nitrogens is 1. The summed E-state index contributed by atoms with van der Waals surface area (Å²) in [5, 5.41) is 5.55. The minimum Gasteiger partial charge on any atom is -0.497 e. The first-order valence-electron chi connectivity index (χ1n) is 7.19. The highest BCUT2D eigenvalue weighted by Crippen LogP contribution is 2.21. The van der Waals surface area contributed by atoms with E-state index in [1.54, 1.807) is 43.8 Å². The van der Waals surface area contributed by atoms with Crippen LogP contribution < -0.4 is 15.4 Å². The van der Waals surface area contributed by atoms with E-state index in [9.17, 15) is 9.59 Å². The summed E-state index contributed by atoms with van der Waals surface area (Å²) in [4.78, 5) is 27.5. The van der Waals surface area contributed by atoms with Crippen LogP contribution >= 0.6 is 0 Å². The molecule has 0 spiro atoms.